The van der Waals surface area contributed by atoms with Crippen LogP contribution < -0.4 is 10.7 Å². The van der Waals surface area contributed by atoms with Gasteiger partial charge in [-0.25, -0.2) is 0 Å². The summed E-state index contributed by atoms with van der Waals surface area (Å²) in [5.74, 6) is 0.278. The molecule has 2 atom stereocenters. The summed E-state index contributed by atoms with van der Waals surface area (Å²) in [6.07, 6.45) is 2.13. The molecular formula is C27H26N2O5S. The normalized spacial score (nSPS) is 21.0. The Kier molecular flexibility index (Phi) is 6.34. The maximum Gasteiger partial charge on any atom is 0.252 e. The Morgan fingerprint density at radius 2 is 1.83 bits per heavy atom. The molecule has 1 amide bonds. The summed E-state index contributed by atoms with van der Waals surface area (Å²) in [7, 11) is 0. The van der Waals surface area contributed by atoms with E-state index in [9.17, 15) is 19.2 Å². The van der Waals surface area contributed by atoms with E-state index in [-0.39, 0.29) is 34.2 Å². The van der Waals surface area contributed by atoms with E-state index in [4.69, 9.17) is 4.42 Å². The first-order chi connectivity index (χ1) is 16.8. The third-order valence-electron chi connectivity index (χ3n) is 6.65. The molecule has 1 aromatic heterocycles. The molecule has 7 nitrogen and oxygen atoms in total. The average molecular weight is 491 g/mol. The van der Waals surface area contributed by atoms with Crippen molar-refractivity contribution in [2.75, 3.05) is 12.3 Å². The first-order valence-electron chi connectivity index (χ1n) is 11.7. The Hall–Kier alpha value is -3.23. The van der Waals surface area contributed by atoms with Crippen molar-refractivity contribution in [3.63, 3.8) is 0 Å². The number of rotatable bonds is 4. The molecule has 0 aliphatic carbocycles. The van der Waals surface area contributed by atoms with Gasteiger partial charge in [0.25, 0.3) is 5.91 Å². The fraction of sp³-hybridized carbons (Fsp3) is 0.333. The molecule has 2 saturated heterocycles. The third-order valence-corrected chi connectivity index (χ3v) is 7.59. The van der Waals surface area contributed by atoms with E-state index in [0.717, 1.165) is 35.7 Å². The standard InChI is InChI=1S/C27H26N2O5S/c1-15-11-16(2)25-19(12-15)20(30)13-22(34-25)17-6-8-18(9-7-17)26(32)28-23-5-3-4-10-29(23)24-21(31)14-35-27(24)33/h6-9,11-13,23-24H,3-5,10,14H2,1-2H3,(H,28,32). The van der Waals surface area contributed by atoms with Gasteiger partial charge in [-0.15, -0.1) is 0 Å². The smallest absolute Gasteiger partial charge is 0.252 e. The SMILES string of the molecule is Cc1cc(C)c2oc(-c3ccc(C(=O)NC4CCCCN4C4C(=O)CSC4=O)cc3)cc(=O)c2c1. The third kappa shape index (κ3) is 4.56. The monoisotopic (exact) mass is 490 g/mol. The molecule has 35 heavy (non-hydrogen) atoms. The van der Waals surface area contributed by atoms with Crippen molar-refractivity contribution in [2.45, 2.75) is 45.3 Å². The van der Waals surface area contributed by atoms with Gasteiger partial charge >= 0.3 is 0 Å². The van der Waals surface area contributed by atoms with Crippen LogP contribution in [0.15, 0.2) is 51.7 Å². The number of carbonyl (C=O) groups excluding carboxylic acids is 3. The van der Waals surface area contributed by atoms with Crippen LogP contribution in [0.3, 0.4) is 0 Å². The average Bonchev–Trinajstić information content (AvgIpc) is 3.17. The first kappa shape index (κ1) is 23.5. The number of fused-ring (bicyclic) bond motifs is 1. The minimum Gasteiger partial charge on any atom is -0.456 e. The van der Waals surface area contributed by atoms with E-state index in [1.165, 1.54) is 6.07 Å². The number of piperidine rings is 1. The van der Waals surface area contributed by atoms with Crippen LogP contribution in [-0.4, -0.2) is 46.2 Å². The van der Waals surface area contributed by atoms with Crippen molar-refractivity contribution < 1.29 is 18.8 Å². The van der Waals surface area contributed by atoms with Crippen LogP contribution in [0.2, 0.25) is 0 Å². The van der Waals surface area contributed by atoms with E-state index in [0.29, 0.717) is 40.8 Å². The summed E-state index contributed by atoms with van der Waals surface area (Å²) in [5.41, 5.74) is 3.49. The number of thioether (sulfide) groups is 1. The highest BCUT2D eigenvalue weighted by Crippen LogP contribution is 2.28. The second kappa shape index (κ2) is 9.43. The fourth-order valence-electron chi connectivity index (χ4n) is 4.94. The number of Topliss-reactive ketones (excluding diaryl/α,β-unsaturated/α-hetero) is 1. The maximum atomic E-state index is 13.0. The van der Waals surface area contributed by atoms with Crippen molar-refractivity contribution in [3.8, 4) is 11.3 Å². The van der Waals surface area contributed by atoms with Crippen LogP contribution in [0.4, 0.5) is 0 Å². The number of carbonyl (C=O) groups is 3. The lowest BCUT2D eigenvalue weighted by Gasteiger charge is -2.38. The Morgan fingerprint density at radius 3 is 2.54 bits per heavy atom. The number of nitrogens with one attached hydrogen (secondary N) is 1. The van der Waals surface area contributed by atoms with Crippen molar-refractivity contribution in [1.29, 1.82) is 0 Å². The second-order valence-corrected chi connectivity index (χ2v) is 10.2. The summed E-state index contributed by atoms with van der Waals surface area (Å²) in [5, 5.41) is 3.42. The van der Waals surface area contributed by atoms with Crippen LogP contribution in [0.25, 0.3) is 22.3 Å². The van der Waals surface area contributed by atoms with Crippen molar-refractivity contribution >= 4 is 39.5 Å². The molecule has 0 saturated carbocycles. The number of hydrogen-bond acceptors (Lipinski definition) is 7. The zero-order valence-electron chi connectivity index (χ0n) is 19.6. The second-order valence-electron chi connectivity index (χ2n) is 9.21. The van der Waals surface area contributed by atoms with E-state index in [1.54, 1.807) is 24.3 Å². The van der Waals surface area contributed by atoms with Gasteiger partial charge < -0.3 is 9.73 Å². The molecule has 3 heterocycles. The molecule has 2 aliphatic heterocycles. The Bertz CT molecular complexity index is 1380. The van der Waals surface area contributed by atoms with Gasteiger partial charge in [-0.05, 0) is 62.4 Å². The van der Waals surface area contributed by atoms with Gasteiger partial charge in [-0.1, -0.05) is 30.0 Å². The molecule has 1 N–H and O–H groups in total. The number of likely N-dealkylation sites (tertiary alicyclic amines) is 1. The fourth-order valence-corrected chi connectivity index (χ4v) is 5.81. The maximum absolute atomic E-state index is 13.0. The summed E-state index contributed by atoms with van der Waals surface area (Å²) < 4.78 is 6.05. The molecule has 8 heteroatoms. The molecule has 2 unspecified atom stereocenters. The topological polar surface area (TPSA) is 96.7 Å². The Labute approximate surface area is 206 Å². The minimum absolute atomic E-state index is 0.0900. The Balaban J connectivity index is 1.36. The van der Waals surface area contributed by atoms with E-state index in [1.807, 2.05) is 30.9 Å². The number of amides is 1. The lowest BCUT2D eigenvalue weighted by atomic mass is 10.0. The number of benzene rings is 2. The minimum atomic E-state index is -0.768. The lowest BCUT2D eigenvalue weighted by Crippen LogP contribution is -2.57. The molecule has 2 aliphatic rings. The molecule has 0 radical (unpaired) electrons. The van der Waals surface area contributed by atoms with Gasteiger partial charge in [0.1, 0.15) is 17.4 Å². The zero-order valence-corrected chi connectivity index (χ0v) is 20.4. The number of aryl methyl sites for hydroxylation is 2. The molecule has 3 aromatic rings. The molecule has 0 spiro atoms. The highest BCUT2D eigenvalue weighted by atomic mass is 32.2. The van der Waals surface area contributed by atoms with Gasteiger partial charge in [0.15, 0.2) is 11.2 Å². The first-order valence-corrected chi connectivity index (χ1v) is 12.7. The summed E-state index contributed by atoms with van der Waals surface area (Å²) in [6.45, 7) is 4.46. The molecule has 2 aromatic carbocycles. The summed E-state index contributed by atoms with van der Waals surface area (Å²) in [6, 6.07) is 11.4. The largest absolute Gasteiger partial charge is 0.456 e. The van der Waals surface area contributed by atoms with Gasteiger partial charge in [0.05, 0.1) is 17.3 Å². The predicted molar refractivity (Wildman–Crippen MR) is 135 cm³/mol. The number of nitrogens with zero attached hydrogens (tertiary/aromatic N) is 1. The predicted octanol–water partition coefficient (Wildman–Crippen LogP) is 3.83. The van der Waals surface area contributed by atoms with Crippen molar-refractivity contribution in [2.24, 2.45) is 0 Å². The summed E-state index contributed by atoms with van der Waals surface area (Å²) >= 11 is 1.05. The lowest BCUT2D eigenvalue weighted by molar-refractivity contribution is -0.129. The molecule has 180 valence electrons. The zero-order chi connectivity index (χ0) is 24.7. The van der Waals surface area contributed by atoms with E-state index >= 15 is 0 Å². The van der Waals surface area contributed by atoms with Gasteiger partial charge in [-0.3, -0.25) is 24.1 Å². The van der Waals surface area contributed by atoms with Crippen LogP contribution >= 0.6 is 11.8 Å². The quantitative estimate of drug-likeness (QED) is 0.555. The van der Waals surface area contributed by atoms with Gasteiger partial charge in [0, 0.05) is 23.7 Å². The molecular weight excluding hydrogens is 464 g/mol. The van der Waals surface area contributed by atoms with E-state index < -0.39 is 6.04 Å². The Morgan fingerprint density at radius 1 is 1.06 bits per heavy atom. The molecule has 5 rings (SSSR count). The highest BCUT2D eigenvalue weighted by Gasteiger charge is 2.42. The number of ketones is 1. The van der Waals surface area contributed by atoms with Crippen LogP contribution in [0, 0.1) is 13.8 Å². The molecule has 0 bridgehead atoms. The van der Waals surface area contributed by atoms with E-state index in [2.05, 4.69) is 5.32 Å². The summed E-state index contributed by atoms with van der Waals surface area (Å²) in [4.78, 5) is 52.1. The van der Waals surface area contributed by atoms with Crippen molar-refractivity contribution in [1.82, 2.24) is 10.2 Å². The number of hydrogen-bond donors (Lipinski definition) is 1. The molecule has 2 fully saturated rings. The van der Waals surface area contributed by atoms with Gasteiger partial charge in [0.2, 0.25) is 5.12 Å². The van der Waals surface area contributed by atoms with Crippen LogP contribution in [-0.2, 0) is 9.59 Å². The van der Waals surface area contributed by atoms with Crippen LogP contribution in [0.1, 0.15) is 40.7 Å². The highest BCUT2D eigenvalue weighted by molar-refractivity contribution is 8.15. The van der Waals surface area contributed by atoms with Crippen LogP contribution in [0.5, 0.6) is 0 Å². The van der Waals surface area contributed by atoms with Gasteiger partial charge in [-0.2, -0.15) is 0 Å². The van der Waals surface area contributed by atoms with Crippen molar-refractivity contribution in [3.05, 3.63) is 69.4 Å².